The Kier molecular flexibility index (Phi) is 3.42. The van der Waals surface area contributed by atoms with E-state index in [1.165, 1.54) is 5.56 Å². The Hall–Kier alpha value is -2.68. The number of aryl methyl sites for hydroxylation is 1. The van der Waals surface area contributed by atoms with Gasteiger partial charge in [-0.15, -0.1) is 0 Å². The van der Waals surface area contributed by atoms with Crippen molar-refractivity contribution in [2.45, 2.75) is 6.92 Å². The lowest BCUT2D eigenvalue weighted by Gasteiger charge is -2.01. The standard InChI is InChI=1S/C17H15N3/c1-13-5-4-6-14(11-13)12-18-20-17-10-9-15-7-2-3-8-16(15)19-17/h2-12H,1H3,(H,19,20)/b18-12-. The second kappa shape index (κ2) is 5.53. The summed E-state index contributed by atoms with van der Waals surface area (Å²) in [6.07, 6.45) is 1.80. The van der Waals surface area contributed by atoms with Crippen molar-refractivity contribution in [2.75, 3.05) is 5.43 Å². The molecular weight excluding hydrogens is 246 g/mol. The summed E-state index contributed by atoms with van der Waals surface area (Å²) in [6, 6.07) is 20.2. The molecule has 0 bridgehead atoms. The van der Waals surface area contributed by atoms with E-state index < -0.39 is 0 Å². The monoisotopic (exact) mass is 261 g/mol. The number of aromatic nitrogens is 1. The fourth-order valence-corrected chi connectivity index (χ4v) is 2.05. The highest BCUT2D eigenvalue weighted by atomic mass is 15.3. The molecule has 1 aromatic heterocycles. The first-order valence-electron chi connectivity index (χ1n) is 6.53. The highest BCUT2D eigenvalue weighted by Gasteiger charge is 1.95. The summed E-state index contributed by atoms with van der Waals surface area (Å²) in [5, 5.41) is 5.35. The fraction of sp³-hybridized carbons (Fsp3) is 0.0588. The molecule has 3 aromatic rings. The Morgan fingerprint density at radius 2 is 1.90 bits per heavy atom. The van der Waals surface area contributed by atoms with Gasteiger partial charge >= 0.3 is 0 Å². The van der Waals surface area contributed by atoms with Crippen LogP contribution in [0.25, 0.3) is 10.9 Å². The number of benzene rings is 2. The zero-order chi connectivity index (χ0) is 13.8. The van der Waals surface area contributed by atoms with Crippen molar-refractivity contribution < 1.29 is 0 Å². The van der Waals surface area contributed by atoms with E-state index in [-0.39, 0.29) is 0 Å². The van der Waals surface area contributed by atoms with E-state index in [0.29, 0.717) is 0 Å². The number of hydrazone groups is 1. The molecule has 0 amide bonds. The number of rotatable bonds is 3. The van der Waals surface area contributed by atoms with E-state index in [0.717, 1.165) is 22.3 Å². The van der Waals surface area contributed by atoms with Gasteiger partial charge in [-0.2, -0.15) is 5.10 Å². The quantitative estimate of drug-likeness (QED) is 0.571. The SMILES string of the molecule is Cc1cccc(/C=N\Nc2ccc3ccccc3n2)c1. The molecule has 0 aliphatic heterocycles. The van der Waals surface area contributed by atoms with Crippen molar-refractivity contribution in [2.24, 2.45) is 5.10 Å². The molecule has 0 aliphatic carbocycles. The molecule has 0 spiro atoms. The summed E-state index contributed by atoms with van der Waals surface area (Å²) in [5.74, 6) is 0.743. The minimum atomic E-state index is 0.743. The molecular formula is C17H15N3. The molecule has 0 saturated carbocycles. The highest BCUT2D eigenvalue weighted by Crippen LogP contribution is 2.14. The van der Waals surface area contributed by atoms with Gasteiger partial charge in [-0.1, -0.05) is 48.0 Å². The van der Waals surface area contributed by atoms with Crippen LogP contribution in [0.2, 0.25) is 0 Å². The smallest absolute Gasteiger partial charge is 0.146 e. The lowest BCUT2D eigenvalue weighted by atomic mass is 10.2. The average molecular weight is 261 g/mol. The molecule has 0 unspecified atom stereocenters. The van der Waals surface area contributed by atoms with Crippen LogP contribution in [0.4, 0.5) is 5.82 Å². The predicted octanol–water partition coefficient (Wildman–Crippen LogP) is 3.99. The molecule has 3 nitrogen and oxygen atoms in total. The van der Waals surface area contributed by atoms with Gasteiger partial charge in [0.2, 0.25) is 0 Å². The van der Waals surface area contributed by atoms with Crippen LogP contribution in [0.5, 0.6) is 0 Å². The molecule has 3 rings (SSSR count). The van der Waals surface area contributed by atoms with Crippen molar-refractivity contribution in [3.05, 3.63) is 71.8 Å². The predicted molar refractivity (Wildman–Crippen MR) is 84.1 cm³/mol. The maximum atomic E-state index is 4.50. The number of para-hydroxylation sites is 1. The van der Waals surface area contributed by atoms with Gasteiger partial charge in [0.15, 0.2) is 0 Å². The van der Waals surface area contributed by atoms with E-state index in [1.807, 2.05) is 48.5 Å². The van der Waals surface area contributed by atoms with Crippen molar-refractivity contribution in [1.29, 1.82) is 0 Å². The number of fused-ring (bicyclic) bond motifs is 1. The van der Waals surface area contributed by atoms with Crippen LogP contribution in [0.1, 0.15) is 11.1 Å². The molecule has 0 atom stereocenters. The van der Waals surface area contributed by atoms with Gasteiger partial charge in [0.05, 0.1) is 11.7 Å². The minimum Gasteiger partial charge on any atom is -0.261 e. The van der Waals surface area contributed by atoms with E-state index in [2.05, 4.69) is 34.6 Å². The number of hydrogen-bond donors (Lipinski definition) is 1. The van der Waals surface area contributed by atoms with Crippen LogP contribution in [0.15, 0.2) is 65.8 Å². The Morgan fingerprint density at radius 1 is 1.00 bits per heavy atom. The summed E-state index contributed by atoms with van der Waals surface area (Å²) in [5.41, 5.74) is 6.21. The number of nitrogens with one attached hydrogen (secondary N) is 1. The largest absolute Gasteiger partial charge is 0.261 e. The van der Waals surface area contributed by atoms with Crippen LogP contribution >= 0.6 is 0 Å². The topological polar surface area (TPSA) is 37.3 Å². The maximum Gasteiger partial charge on any atom is 0.146 e. The van der Waals surface area contributed by atoms with Gasteiger partial charge in [0, 0.05) is 5.39 Å². The molecule has 98 valence electrons. The Bertz CT molecular complexity index is 763. The molecule has 1 N–H and O–H groups in total. The van der Waals surface area contributed by atoms with Crippen LogP contribution < -0.4 is 5.43 Å². The third-order valence-electron chi connectivity index (χ3n) is 3.03. The Labute approximate surface area is 118 Å². The Morgan fingerprint density at radius 3 is 2.80 bits per heavy atom. The van der Waals surface area contributed by atoms with E-state index in [4.69, 9.17) is 0 Å². The maximum absolute atomic E-state index is 4.50. The van der Waals surface area contributed by atoms with Crippen molar-refractivity contribution in [1.82, 2.24) is 4.98 Å². The van der Waals surface area contributed by atoms with Crippen molar-refractivity contribution in [3.8, 4) is 0 Å². The number of nitrogens with zero attached hydrogens (tertiary/aromatic N) is 2. The minimum absolute atomic E-state index is 0.743. The lowest BCUT2D eigenvalue weighted by molar-refractivity contribution is 1.26. The molecule has 0 radical (unpaired) electrons. The molecule has 0 fully saturated rings. The van der Waals surface area contributed by atoms with Crippen molar-refractivity contribution >= 4 is 22.9 Å². The first-order valence-corrected chi connectivity index (χ1v) is 6.53. The van der Waals surface area contributed by atoms with Gasteiger partial charge < -0.3 is 0 Å². The molecule has 0 aliphatic rings. The normalized spacial score (nSPS) is 11.1. The fourth-order valence-electron chi connectivity index (χ4n) is 2.05. The Balaban J connectivity index is 1.76. The zero-order valence-corrected chi connectivity index (χ0v) is 11.2. The number of pyridine rings is 1. The van der Waals surface area contributed by atoms with Crippen LogP contribution in [0.3, 0.4) is 0 Å². The summed E-state index contributed by atoms with van der Waals surface area (Å²) in [7, 11) is 0. The number of anilines is 1. The van der Waals surface area contributed by atoms with E-state index >= 15 is 0 Å². The first-order chi connectivity index (χ1) is 9.81. The molecule has 2 aromatic carbocycles. The van der Waals surface area contributed by atoms with Gasteiger partial charge in [-0.3, -0.25) is 5.43 Å². The zero-order valence-electron chi connectivity index (χ0n) is 11.2. The number of hydrogen-bond acceptors (Lipinski definition) is 3. The summed E-state index contributed by atoms with van der Waals surface area (Å²) in [6.45, 7) is 2.07. The van der Waals surface area contributed by atoms with Gasteiger partial charge in [0.1, 0.15) is 5.82 Å². The van der Waals surface area contributed by atoms with Crippen LogP contribution in [-0.4, -0.2) is 11.2 Å². The highest BCUT2D eigenvalue weighted by molar-refractivity contribution is 5.81. The van der Waals surface area contributed by atoms with Crippen molar-refractivity contribution in [3.63, 3.8) is 0 Å². The summed E-state index contributed by atoms with van der Waals surface area (Å²) < 4.78 is 0. The first kappa shape index (κ1) is 12.4. The molecule has 1 heterocycles. The van der Waals surface area contributed by atoms with E-state index in [1.54, 1.807) is 6.21 Å². The van der Waals surface area contributed by atoms with Crippen LogP contribution in [-0.2, 0) is 0 Å². The second-order valence-electron chi connectivity index (χ2n) is 4.67. The van der Waals surface area contributed by atoms with Gasteiger partial charge in [-0.25, -0.2) is 4.98 Å². The average Bonchev–Trinajstić information content (AvgIpc) is 2.47. The molecule has 20 heavy (non-hydrogen) atoms. The molecule has 3 heteroatoms. The third-order valence-corrected chi connectivity index (χ3v) is 3.03. The molecule has 0 saturated heterocycles. The third kappa shape index (κ3) is 2.83. The second-order valence-corrected chi connectivity index (χ2v) is 4.67. The van der Waals surface area contributed by atoms with E-state index in [9.17, 15) is 0 Å². The van der Waals surface area contributed by atoms with Gasteiger partial charge in [-0.05, 0) is 30.7 Å². The summed E-state index contributed by atoms with van der Waals surface area (Å²) in [4.78, 5) is 4.50. The summed E-state index contributed by atoms with van der Waals surface area (Å²) >= 11 is 0. The van der Waals surface area contributed by atoms with Crippen LogP contribution in [0, 0.1) is 6.92 Å². The lowest BCUT2D eigenvalue weighted by Crippen LogP contribution is -1.93. The van der Waals surface area contributed by atoms with Gasteiger partial charge in [0.25, 0.3) is 0 Å².